The Morgan fingerprint density at radius 1 is 1.15 bits per heavy atom. The van der Waals surface area contributed by atoms with E-state index in [0.29, 0.717) is 5.69 Å². The molecule has 1 aliphatic carbocycles. The molecule has 4 heteroatoms. The monoisotopic (exact) mass is 274 g/mol. The van der Waals surface area contributed by atoms with Crippen molar-refractivity contribution in [2.24, 2.45) is 11.8 Å². The summed E-state index contributed by atoms with van der Waals surface area (Å²) >= 11 is 0. The summed E-state index contributed by atoms with van der Waals surface area (Å²) in [4.78, 5) is 22.8. The normalized spacial score (nSPS) is 22.2. The molecule has 1 fully saturated rings. The molecule has 20 heavy (non-hydrogen) atoms. The van der Waals surface area contributed by atoms with Crippen LogP contribution < -0.4 is 10.4 Å². The summed E-state index contributed by atoms with van der Waals surface area (Å²) in [6, 6.07) is 6.08. The Hall–Kier alpha value is -1.84. The smallest absolute Gasteiger partial charge is 0.227 e. The molecule has 1 N–H and O–H groups in total. The van der Waals surface area contributed by atoms with Crippen LogP contribution in [0.1, 0.15) is 49.4 Å². The number of carbonyl (C=O) groups excluding carboxylic acids is 2. The lowest BCUT2D eigenvalue weighted by Gasteiger charge is -2.26. The molecule has 108 valence electrons. The zero-order chi connectivity index (χ0) is 14.5. The van der Waals surface area contributed by atoms with Gasteiger partial charge in [-0.05, 0) is 49.3 Å². The van der Waals surface area contributed by atoms with Gasteiger partial charge >= 0.3 is 0 Å². The molecule has 0 spiro atoms. The molecule has 0 aromatic heterocycles. The quantitative estimate of drug-likeness (QED) is 0.915. The summed E-state index contributed by atoms with van der Waals surface area (Å²) in [6.45, 7) is 2.20. The fourth-order valence-electron chi connectivity index (χ4n) is 2.77. The van der Waals surface area contributed by atoms with E-state index in [0.717, 1.165) is 31.6 Å². The van der Waals surface area contributed by atoms with Crippen molar-refractivity contribution in [2.45, 2.75) is 39.0 Å². The molecule has 1 aromatic carbocycles. The fourth-order valence-corrected chi connectivity index (χ4v) is 2.77. The van der Waals surface area contributed by atoms with E-state index < -0.39 is 5.97 Å². The van der Waals surface area contributed by atoms with E-state index in [1.165, 1.54) is 18.6 Å². The highest BCUT2D eigenvalue weighted by atomic mass is 16.4. The summed E-state index contributed by atoms with van der Waals surface area (Å²) < 4.78 is 0. The minimum atomic E-state index is -1.21. The lowest BCUT2D eigenvalue weighted by Crippen LogP contribution is -2.27. The van der Waals surface area contributed by atoms with Gasteiger partial charge in [-0.2, -0.15) is 0 Å². The zero-order valence-corrected chi connectivity index (χ0v) is 11.7. The third-order valence-corrected chi connectivity index (χ3v) is 4.18. The minimum absolute atomic E-state index is 0.0424. The van der Waals surface area contributed by atoms with Gasteiger partial charge in [-0.25, -0.2) is 0 Å². The van der Waals surface area contributed by atoms with Gasteiger partial charge in [0, 0.05) is 11.6 Å². The maximum atomic E-state index is 12.1. The van der Waals surface area contributed by atoms with Crippen molar-refractivity contribution in [2.75, 3.05) is 5.32 Å². The molecule has 0 radical (unpaired) electrons. The molecule has 1 amide bonds. The van der Waals surface area contributed by atoms with Crippen molar-refractivity contribution in [1.82, 2.24) is 0 Å². The molecule has 1 aromatic rings. The molecule has 2 rings (SSSR count). The first-order valence-corrected chi connectivity index (χ1v) is 7.22. The third-order valence-electron chi connectivity index (χ3n) is 4.18. The maximum Gasteiger partial charge on any atom is 0.227 e. The van der Waals surface area contributed by atoms with Crippen LogP contribution in [-0.2, 0) is 4.79 Å². The number of hydrogen-bond donors (Lipinski definition) is 1. The number of anilines is 1. The molecule has 0 unspecified atom stereocenters. The van der Waals surface area contributed by atoms with Crippen LogP contribution in [0.15, 0.2) is 24.3 Å². The highest BCUT2D eigenvalue weighted by Crippen LogP contribution is 2.31. The molecule has 1 saturated carbocycles. The van der Waals surface area contributed by atoms with Crippen LogP contribution in [0.2, 0.25) is 0 Å². The highest BCUT2D eigenvalue weighted by molar-refractivity contribution is 5.93. The van der Waals surface area contributed by atoms with Gasteiger partial charge in [-0.3, -0.25) is 4.79 Å². The summed E-state index contributed by atoms with van der Waals surface area (Å²) in [5, 5.41) is 13.5. The van der Waals surface area contributed by atoms with Gasteiger partial charge in [0.2, 0.25) is 5.91 Å². The van der Waals surface area contributed by atoms with Gasteiger partial charge in [0.15, 0.2) is 0 Å². The summed E-state index contributed by atoms with van der Waals surface area (Å²) in [5.74, 6) is -0.318. The van der Waals surface area contributed by atoms with Crippen molar-refractivity contribution in [1.29, 1.82) is 0 Å². The summed E-state index contributed by atoms with van der Waals surface area (Å²) in [6.07, 6.45) is 5.33. The maximum absolute atomic E-state index is 12.1. The number of amides is 1. The van der Waals surface area contributed by atoms with Crippen LogP contribution in [0.4, 0.5) is 5.69 Å². The summed E-state index contributed by atoms with van der Waals surface area (Å²) in [5.41, 5.74) is 0.754. The van der Waals surface area contributed by atoms with Gasteiger partial charge in [0.1, 0.15) is 0 Å². The predicted molar refractivity (Wildman–Crippen MR) is 75.1 cm³/mol. The van der Waals surface area contributed by atoms with E-state index >= 15 is 0 Å². The highest BCUT2D eigenvalue weighted by Gasteiger charge is 2.25. The Balaban J connectivity index is 1.90. The molecule has 4 nitrogen and oxygen atoms in total. The Morgan fingerprint density at radius 3 is 2.25 bits per heavy atom. The second-order valence-electron chi connectivity index (χ2n) is 5.48. The molecule has 1 aliphatic rings. The Labute approximate surface area is 119 Å². The van der Waals surface area contributed by atoms with Crippen molar-refractivity contribution in [3.8, 4) is 0 Å². The fraction of sp³-hybridized carbons (Fsp3) is 0.500. The predicted octanol–water partition coefficient (Wildman–Crippen LogP) is 2.21. The van der Waals surface area contributed by atoms with Crippen molar-refractivity contribution < 1.29 is 14.7 Å². The Bertz CT molecular complexity index is 473. The van der Waals surface area contributed by atoms with Crippen molar-refractivity contribution in [3.05, 3.63) is 29.8 Å². The van der Waals surface area contributed by atoms with Gasteiger partial charge in [-0.1, -0.05) is 25.5 Å². The first-order valence-electron chi connectivity index (χ1n) is 7.22. The number of carboxylic acid groups (broad SMARTS) is 1. The SMILES string of the molecule is CCC1CCC(C(=O)Nc2ccc(C(=O)[O-])cc2)CC1. The molecule has 0 atom stereocenters. The Kier molecular flexibility index (Phi) is 4.77. The van der Waals surface area contributed by atoms with Crippen LogP contribution >= 0.6 is 0 Å². The lowest BCUT2D eigenvalue weighted by atomic mass is 9.80. The van der Waals surface area contributed by atoms with Gasteiger partial charge < -0.3 is 15.2 Å². The van der Waals surface area contributed by atoms with Gasteiger partial charge in [0.25, 0.3) is 0 Å². The average Bonchev–Trinajstić information content (AvgIpc) is 2.48. The van der Waals surface area contributed by atoms with Crippen LogP contribution in [0.5, 0.6) is 0 Å². The number of benzene rings is 1. The number of aromatic carboxylic acids is 1. The number of carboxylic acids is 1. The van der Waals surface area contributed by atoms with Crippen molar-refractivity contribution in [3.63, 3.8) is 0 Å². The van der Waals surface area contributed by atoms with E-state index in [9.17, 15) is 14.7 Å². The van der Waals surface area contributed by atoms with Gasteiger partial charge in [0.05, 0.1) is 5.97 Å². The second-order valence-corrected chi connectivity index (χ2v) is 5.48. The first kappa shape index (κ1) is 14.6. The summed E-state index contributed by atoms with van der Waals surface area (Å²) in [7, 11) is 0. The molecule has 0 saturated heterocycles. The first-order chi connectivity index (χ1) is 9.60. The standard InChI is InChI=1S/C16H21NO3/c1-2-11-3-5-12(6-4-11)15(18)17-14-9-7-13(8-10-14)16(19)20/h7-12H,2-6H2,1H3,(H,17,18)(H,19,20)/p-1. The Morgan fingerprint density at radius 2 is 1.75 bits per heavy atom. The molecular weight excluding hydrogens is 254 g/mol. The van der Waals surface area contributed by atoms with E-state index in [1.54, 1.807) is 12.1 Å². The van der Waals surface area contributed by atoms with Crippen LogP contribution in [0, 0.1) is 11.8 Å². The largest absolute Gasteiger partial charge is 0.545 e. The topological polar surface area (TPSA) is 69.2 Å². The van der Waals surface area contributed by atoms with E-state index in [1.807, 2.05) is 0 Å². The number of nitrogens with one attached hydrogen (secondary N) is 1. The molecule has 0 heterocycles. The minimum Gasteiger partial charge on any atom is -0.545 e. The van der Waals surface area contributed by atoms with E-state index in [4.69, 9.17) is 0 Å². The third kappa shape index (κ3) is 3.59. The number of hydrogen-bond acceptors (Lipinski definition) is 3. The van der Waals surface area contributed by atoms with Crippen LogP contribution in [0.3, 0.4) is 0 Å². The molecule has 0 aliphatic heterocycles. The van der Waals surface area contributed by atoms with Crippen LogP contribution in [-0.4, -0.2) is 11.9 Å². The second kappa shape index (κ2) is 6.55. The zero-order valence-electron chi connectivity index (χ0n) is 11.7. The lowest BCUT2D eigenvalue weighted by molar-refractivity contribution is -0.255. The van der Waals surface area contributed by atoms with Crippen LogP contribution in [0.25, 0.3) is 0 Å². The van der Waals surface area contributed by atoms with Gasteiger partial charge in [-0.15, -0.1) is 0 Å². The molecule has 0 bridgehead atoms. The van der Waals surface area contributed by atoms with Crippen molar-refractivity contribution >= 4 is 17.6 Å². The number of rotatable bonds is 4. The van der Waals surface area contributed by atoms with E-state index in [2.05, 4.69) is 12.2 Å². The average molecular weight is 274 g/mol. The number of carbonyl (C=O) groups is 2. The molecular formula is C16H20NO3-. The van der Waals surface area contributed by atoms with E-state index in [-0.39, 0.29) is 17.4 Å².